The van der Waals surface area contributed by atoms with E-state index in [0.29, 0.717) is 66.9 Å². The number of carbonyl (C=O) groups excluding carboxylic acids is 3. The predicted octanol–water partition coefficient (Wildman–Crippen LogP) is 6.51. The van der Waals surface area contributed by atoms with Crippen LogP contribution in [0.4, 0.5) is 32.9 Å². The molecule has 1 saturated heterocycles. The molecule has 2 amide bonds. The van der Waals surface area contributed by atoms with E-state index in [1.807, 2.05) is 50.2 Å². The third-order valence-electron chi connectivity index (χ3n) is 9.16. The van der Waals surface area contributed by atoms with Crippen molar-refractivity contribution in [2.45, 2.75) is 84.3 Å². The van der Waals surface area contributed by atoms with E-state index in [0.717, 1.165) is 22.3 Å². The number of hydrogen-bond donors (Lipinski definition) is 1. The van der Waals surface area contributed by atoms with Crippen molar-refractivity contribution in [3.8, 4) is 0 Å². The van der Waals surface area contributed by atoms with E-state index in [4.69, 9.17) is 24.3 Å². The first-order valence-corrected chi connectivity index (χ1v) is 16.9. The number of imide groups is 1. The number of aromatic nitrogens is 4. The highest BCUT2D eigenvalue weighted by molar-refractivity contribution is 6.23. The van der Waals surface area contributed by atoms with Gasteiger partial charge in [-0.15, -0.1) is 5.10 Å². The van der Waals surface area contributed by atoms with Gasteiger partial charge in [-0.05, 0) is 91.1 Å². The molecule has 1 N–H and O–H groups in total. The highest BCUT2D eigenvalue weighted by atomic mass is 16.6. The molecule has 2 atom stereocenters. The van der Waals surface area contributed by atoms with Crippen LogP contribution in [-0.2, 0) is 24.4 Å². The number of anilines is 4. The van der Waals surface area contributed by atoms with E-state index in [2.05, 4.69) is 15.2 Å². The maximum Gasteiger partial charge on any atom is 0.435 e. The number of fused-ring (bicyclic) bond motifs is 3. The maximum absolute atomic E-state index is 14.2. The van der Waals surface area contributed by atoms with Gasteiger partial charge in [0.05, 0.1) is 29.8 Å². The molecular weight excluding hydrogens is 638 g/mol. The number of nitrogens with zero attached hydrogens (tertiary/aromatic N) is 6. The Morgan fingerprint density at radius 1 is 0.940 bits per heavy atom. The van der Waals surface area contributed by atoms with Crippen molar-refractivity contribution in [2.24, 2.45) is 0 Å². The van der Waals surface area contributed by atoms with Crippen molar-refractivity contribution < 1.29 is 28.6 Å². The third kappa shape index (κ3) is 5.93. The Bertz CT molecular complexity index is 2040. The number of carbonyl (C=O) groups is 3. The molecule has 4 heterocycles. The minimum atomic E-state index is -0.933. The summed E-state index contributed by atoms with van der Waals surface area (Å²) in [5.41, 5.74) is 2.02. The van der Waals surface area contributed by atoms with Gasteiger partial charge >= 0.3 is 12.2 Å². The molecule has 0 bridgehead atoms. The van der Waals surface area contributed by atoms with Crippen LogP contribution in [0.15, 0.2) is 42.6 Å². The van der Waals surface area contributed by atoms with Crippen LogP contribution in [0.3, 0.4) is 0 Å². The fraction of sp³-hybridized carbons (Fsp3) is 0.459. The van der Waals surface area contributed by atoms with E-state index >= 15 is 0 Å². The largest absolute Gasteiger partial charge is 0.443 e. The quantitative estimate of drug-likeness (QED) is 0.252. The molecule has 2 aromatic carbocycles. The molecule has 50 heavy (non-hydrogen) atoms. The second kappa shape index (κ2) is 11.8. The maximum atomic E-state index is 14.2. The van der Waals surface area contributed by atoms with Gasteiger partial charge in [-0.2, -0.15) is 9.67 Å². The van der Waals surface area contributed by atoms with Gasteiger partial charge in [0.2, 0.25) is 11.9 Å². The molecule has 1 aliphatic carbocycles. The van der Waals surface area contributed by atoms with Crippen molar-refractivity contribution in [2.75, 3.05) is 41.4 Å². The van der Waals surface area contributed by atoms with Gasteiger partial charge in [-0.25, -0.2) is 19.5 Å². The molecule has 4 aromatic rings. The summed E-state index contributed by atoms with van der Waals surface area (Å²) in [4.78, 5) is 53.8. The normalized spacial score (nSPS) is 20.3. The van der Waals surface area contributed by atoms with Gasteiger partial charge in [0.1, 0.15) is 17.0 Å². The van der Waals surface area contributed by atoms with Crippen LogP contribution in [0.1, 0.15) is 76.1 Å². The van der Waals surface area contributed by atoms with E-state index in [9.17, 15) is 14.4 Å². The average Bonchev–Trinajstić information content (AvgIpc) is 3.63. The lowest BCUT2D eigenvalue weighted by Gasteiger charge is -2.27. The topological polar surface area (TPSA) is 141 Å². The fourth-order valence-electron chi connectivity index (χ4n) is 6.79. The number of nitrogens with one attached hydrogen (secondary N) is 1. The lowest BCUT2D eigenvalue weighted by molar-refractivity contribution is -0.120. The molecule has 2 aliphatic heterocycles. The fourth-order valence-corrected chi connectivity index (χ4v) is 6.79. The highest BCUT2D eigenvalue weighted by Gasteiger charge is 2.68. The van der Waals surface area contributed by atoms with Gasteiger partial charge in [0.15, 0.2) is 5.82 Å². The van der Waals surface area contributed by atoms with Crippen LogP contribution in [0.25, 0.3) is 10.9 Å². The molecule has 7 rings (SSSR count). The zero-order valence-corrected chi connectivity index (χ0v) is 29.8. The second-order valence-electron chi connectivity index (χ2n) is 15.3. The summed E-state index contributed by atoms with van der Waals surface area (Å²) < 4.78 is 18.2. The standard InChI is InChI=1S/C37H43N7O6/c1-21-9-12-27-25(17-21)37(31(45)43(27)33(46)49-35(3,4)5)19-26(37)23-10-11-24-28(18-23)44(34(47)50-36(6,7)8)41-30(24)39-29-22(2)20-38-32(40-29)42-13-15-48-16-14-42/h9-12,17-18,20,26H,13-16,19H2,1-8H3,(H,38,39,40,41)/t26-,37-/m0/s1. The van der Waals surface area contributed by atoms with Crippen LogP contribution in [0.5, 0.6) is 0 Å². The van der Waals surface area contributed by atoms with Crippen molar-refractivity contribution >= 4 is 52.3 Å². The van der Waals surface area contributed by atoms with Crippen molar-refractivity contribution in [1.82, 2.24) is 19.7 Å². The zero-order chi connectivity index (χ0) is 35.7. The number of rotatable bonds is 4. The van der Waals surface area contributed by atoms with Crippen molar-refractivity contribution in [3.63, 3.8) is 0 Å². The number of hydrogen-bond acceptors (Lipinski definition) is 11. The summed E-state index contributed by atoms with van der Waals surface area (Å²) in [5, 5.41) is 8.71. The Labute approximate surface area is 290 Å². The monoisotopic (exact) mass is 681 g/mol. The molecule has 13 nitrogen and oxygen atoms in total. The van der Waals surface area contributed by atoms with E-state index in [1.54, 1.807) is 47.7 Å². The molecule has 13 heteroatoms. The molecule has 3 aliphatic rings. The Balaban J connectivity index is 1.27. The van der Waals surface area contributed by atoms with E-state index < -0.39 is 28.8 Å². The molecule has 2 aromatic heterocycles. The Morgan fingerprint density at radius 3 is 2.34 bits per heavy atom. The van der Waals surface area contributed by atoms with Crippen molar-refractivity contribution in [1.29, 1.82) is 0 Å². The molecule has 1 spiro atoms. The summed E-state index contributed by atoms with van der Waals surface area (Å²) in [6.07, 6.45) is 0.932. The predicted molar refractivity (Wildman–Crippen MR) is 188 cm³/mol. The Morgan fingerprint density at radius 2 is 1.64 bits per heavy atom. The van der Waals surface area contributed by atoms with Crippen molar-refractivity contribution in [3.05, 3.63) is 64.8 Å². The Hall–Kier alpha value is -5.04. The first kappa shape index (κ1) is 33.5. The summed E-state index contributed by atoms with van der Waals surface area (Å²) in [7, 11) is 0. The van der Waals surface area contributed by atoms with E-state index in [-0.39, 0.29) is 11.8 Å². The summed E-state index contributed by atoms with van der Waals surface area (Å²) in [6, 6.07) is 11.4. The van der Waals surface area contributed by atoms with Gasteiger partial charge < -0.3 is 24.4 Å². The molecule has 262 valence electrons. The minimum Gasteiger partial charge on any atom is -0.443 e. The molecule has 0 radical (unpaired) electrons. The Kier molecular flexibility index (Phi) is 7.89. The molecule has 2 fully saturated rings. The van der Waals surface area contributed by atoms with Gasteiger partial charge in [0, 0.05) is 36.2 Å². The molecule has 0 unspecified atom stereocenters. The average molecular weight is 682 g/mol. The number of ether oxygens (including phenoxy) is 3. The zero-order valence-electron chi connectivity index (χ0n) is 29.8. The summed E-state index contributed by atoms with van der Waals surface area (Å²) in [5.74, 6) is 1.01. The smallest absolute Gasteiger partial charge is 0.435 e. The molecule has 1 saturated carbocycles. The number of amides is 2. The number of aryl methyl sites for hydroxylation is 2. The van der Waals surface area contributed by atoms with Gasteiger partial charge in [-0.1, -0.05) is 23.8 Å². The van der Waals surface area contributed by atoms with Gasteiger partial charge in [0.25, 0.3) is 0 Å². The highest BCUT2D eigenvalue weighted by Crippen LogP contribution is 2.66. The lowest BCUT2D eigenvalue weighted by Crippen LogP contribution is -2.41. The minimum absolute atomic E-state index is 0.244. The molecular formula is C37H43N7O6. The summed E-state index contributed by atoms with van der Waals surface area (Å²) in [6.45, 7) is 17.2. The van der Waals surface area contributed by atoms with Crippen LogP contribution >= 0.6 is 0 Å². The van der Waals surface area contributed by atoms with Crippen LogP contribution in [0.2, 0.25) is 0 Å². The van der Waals surface area contributed by atoms with E-state index in [1.165, 1.54) is 9.58 Å². The van der Waals surface area contributed by atoms with Crippen LogP contribution in [-0.4, -0.2) is 75.3 Å². The third-order valence-corrected chi connectivity index (χ3v) is 9.16. The van der Waals surface area contributed by atoms with Gasteiger partial charge in [-0.3, -0.25) is 4.79 Å². The number of morpholine rings is 1. The first-order chi connectivity index (χ1) is 23.6. The lowest BCUT2D eigenvalue weighted by atomic mass is 9.91. The number of benzene rings is 2. The SMILES string of the molecule is Cc1ccc2c(c1)[C@]1(C[C@H]1c1ccc3c(Nc4nc(N5CCOCC5)ncc4C)nn(C(=O)OC(C)(C)C)c3c1)C(=O)N2C(=O)OC(C)(C)C. The summed E-state index contributed by atoms with van der Waals surface area (Å²) >= 11 is 0. The first-order valence-electron chi connectivity index (χ1n) is 16.9. The van der Waals surface area contributed by atoms with Crippen LogP contribution in [0, 0.1) is 13.8 Å². The van der Waals surface area contributed by atoms with Crippen LogP contribution < -0.4 is 15.1 Å². The second-order valence-corrected chi connectivity index (χ2v) is 15.3.